The van der Waals surface area contributed by atoms with Crippen molar-refractivity contribution < 1.29 is 4.79 Å². The smallest absolute Gasteiger partial charge is 0.183 e. The zero-order valence-corrected chi connectivity index (χ0v) is 15.0. The van der Waals surface area contributed by atoms with Gasteiger partial charge in [-0.05, 0) is 57.1 Å². The Morgan fingerprint density at radius 2 is 2.20 bits per heavy atom. The number of hydrogen-bond donors (Lipinski definition) is 1. The predicted octanol–water partition coefficient (Wildman–Crippen LogP) is 3.02. The molecule has 0 aromatic carbocycles. The highest BCUT2D eigenvalue weighted by Crippen LogP contribution is 2.34. The van der Waals surface area contributed by atoms with E-state index in [0.717, 1.165) is 48.4 Å². The maximum absolute atomic E-state index is 13.3. The van der Waals surface area contributed by atoms with Crippen LogP contribution in [0.1, 0.15) is 39.4 Å². The summed E-state index contributed by atoms with van der Waals surface area (Å²) in [4.78, 5) is 23.0. The fraction of sp³-hybridized carbons (Fsp3) is 0.400. The molecule has 1 aliphatic carbocycles. The third-order valence-corrected chi connectivity index (χ3v) is 5.26. The number of carbonyl (C=O) groups excluding carboxylic acids is 1. The average Bonchev–Trinajstić information content (AvgIpc) is 3.12. The van der Waals surface area contributed by atoms with E-state index in [1.54, 1.807) is 6.33 Å². The molecule has 1 aliphatic rings. The zero-order chi connectivity index (χ0) is 17.6. The molecule has 0 bridgehead atoms. The molecule has 0 radical (unpaired) electrons. The van der Waals surface area contributed by atoms with Gasteiger partial charge in [-0.25, -0.2) is 4.98 Å². The lowest BCUT2D eigenvalue weighted by Gasteiger charge is -2.22. The Morgan fingerprint density at radius 1 is 1.36 bits per heavy atom. The largest absolute Gasteiger partial charge is 0.348 e. The standard InChI is InChI=1S/C20H24N4O/c1-13-17(22-12-21-13)10-14-7-8-15-16(11-23(2)3)18-6-4-5-9-24(18)19(15)20(14)25/h4-6,9,12,14H,7-8,10-11H2,1-3H3,(H,21,22). The number of aromatic nitrogens is 3. The number of hydrogen-bond acceptors (Lipinski definition) is 3. The van der Waals surface area contributed by atoms with Crippen LogP contribution in [0.2, 0.25) is 0 Å². The summed E-state index contributed by atoms with van der Waals surface area (Å²) in [6.07, 6.45) is 6.31. The van der Waals surface area contributed by atoms with Gasteiger partial charge in [0.2, 0.25) is 0 Å². The van der Waals surface area contributed by atoms with Crippen LogP contribution >= 0.6 is 0 Å². The molecule has 4 rings (SSSR count). The molecular formula is C20H24N4O. The van der Waals surface area contributed by atoms with Gasteiger partial charge in [0.25, 0.3) is 0 Å². The van der Waals surface area contributed by atoms with Gasteiger partial charge in [-0.2, -0.15) is 0 Å². The fourth-order valence-corrected chi connectivity index (χ4v) is 4.02. The average molecular weight is 336 g/mol. The molecule has 3 aromatic heterocycles. The van der Waals surface area contributed by atoms with Gasteiger partial charge in [0.15, 0.2) is 5.78 Å². The predicted molar refractivity (Wildman–Crippen MR) is 98.0 cm³/mol. The Kier molecular flexibility index (Phi) is 3.96. The quantitative estimate of drug-likeness (QED) is 0.797. The lowest BCUT2D eigenvalue weighted by atomic mass is 9.82. The Hall–Kier alpha value is -2.40. The maximum Gasteiger partial charge on any atom is 0.183 e. The number of imidazole rings is 1. The van der Waals surface area contributed by atoms with Gasteiger partial charge in [0.1, 0.15) is 0 Å². The van der Waals surface area contributed by atoms with E-state index in [1.165, 1.54) is 11.1 Å². The lowest BCUT2D eigenvalue weighted by Crippen LogP contribution is -2.26. The second-order valence-electron chi connectivity index (χ2n) is 7.28. The molecule has 5 nitrogen and oxygen atoms in total. The third kappa shape index (κ3) is 2.68. The Bertz CT molecular complexity index is 934. The summed E-state index contributed by atoms with van der Waals surface area (Å²) < 4.78 is 2.10. The number of aromatic amines is 1. The van der Waals surface area contributed by atoms with Gasteiger partial charge < -0.3 is 14.3 Å². The van der Waals surface area contributed by atoms with Crippen LogP contribution in [-0.4, -0.2) is 39.1 Å². The third-order valence-electron chi connectivity index (χ3n) is 5.26. The molecule has 3 aromatic rings. The van der Waals surface area contributed by atoms with Crippen LogP contribution in [-0.2, 0) is 19.4 Å². The van der Waals surface area contributed by atoms with E-state index in [-0.39, 0.29) is 11.7 Å². The zero-order valence-electron chi connectivity index (χ0n) is 15.0. The summed E-state index contributed by atoms with van der Waals surface area (Å²) in [6, 6.07) is 6.17. The summed E-state index contributed by atoms with van der Waals surface area (Å²) in [5, 5.41) is 0. The van der Waals surface area contributed by atoms with Gasteiger partial charge in [0.05, 0.1) is 23.2 Å². The number of pyridine rings is 1. The van der Waals surface area contributed by atoms with Crippen LogP contribution in [0.4, 0.5) is 0 Å². The van der Waals surface area contributed by atoms with E-state index in [0.29, 0.717) is 0 Å². The monoisotopic (exact) mass is 336 g/mol. The first-order valence-electron chi connectivity index (χ1n) is 8.85. The van der Waals surface area contributed by atoms with Gasteiger partial charge in [-0.1, -0.05) is 6.07 Å². The number of Topliss-reactive ketones (excluding diaryl/α,β-unsaturated/α-hetero) is 1. The SMILES string of the molecule is Cc1[nH]cnc1CC1CCc2c(CN(C)C)c3ccccn3c2C1=O. The van der Waals surface area contributed by atoms with Crippen LogP contribution in [0.15, 0.2) is 30.7 Å². The molecule has 1 unspecified atom stereocenters. The van der Waals surface area contributed by atoms with Crippen molar-refractivity contribution in [1.29, 1.82) is 0 Å². The van der Waals surface area contributed by atoms with E-state index in [2.05, 4.69) is 45.5 Å². The Morgan fingerprint density at radius 3 is 2.92 bits per heavy atom. The minimum Gasteiger partial charge on any atom is -0.348 e. The van der Waals surface area contributed by atoms with Crippen LogP contribution in [0.5, 0.6) is 0 Å². The fourth-order valence-electron chi connectivity index (χ4n) is 4.02. The van der Waals surface area contributed by atoms with Crippen molar-refractivity contribution in [3.8, 4) is 0 Å². The molecule has 3 heterocycles. The topological polar surface area (TPSA) is 53.4 Å². The van der Waals surface area contributed by atoms with Crippen molar-refractivity contribution >= 4 is 11.3 Å². The van der Waals surface area contributed by atoms with Crippen molar-refractivity contribution in [3.05, 3.63) is 58.9 Å². The molecule has 0 saturated heterocycles. The van der Waals surface area contributed by atoms with Gasteiger partial charge in [0, 0.05) is 30.8 Å². The van der Waals surface area contributed by atoms with E-state index in [9.17, 15) is 4.79 Å². The molecule has 130 valence electrons. The number of aryl methyl sites for hydroxylation is 1. The number of fused-ring (bicyclic) bond motifs is 3. The first kappa shape index (κ1) is 16.1. The normalized spacial score (nSPS) is 17.4. The number of nitrogens with zero attached hydrogens (tertiary/aromatic N) is 3. The van der Waals surface area contributed by atoms with Crippen LogP contribution in [0, 0.1) is 12.8 Å². The molecule has 0 aliphatic heterocycles. The molecule has 25 heavy (non-hydrogen) atoms. The number of rotatable bonds is 4. The Balaban J connectivity index is 1.77. The van der Waals surface area contributed by atoms with Gasteiger partial charge >= 0.3 is 0 Å². The van der Waals surface area contributed by atoms with Crippen molar-refractivity contribution in [1.82, 2.24) is 19.3 Å². The minimum atomic E-state index is 0.0139. The molecular weight excluding hydrogens is 312 g/mol. The highest BCUT2D eigenvalue weighted by Gasteiger charge is 2.33. The van der Waals surface area contributed by atoms with E-state index >= 15 is 0 Å². The highest BCUT2D eigenvalue weighted by molar-refractivity contribution is 6.01. The Labute approximate surface area is 147 Å². The van der Waals surface area contributed by atoms with Crippen LogP contribution in [0.25, 0.3) is 5.52 Å². The molecule has 1 N–H and O–H groups in total. The van der Waals surface area contributed by atoms with Gasteiger partial charge in [-0.3, -0.25) is 4.79 Å². The number of carbonyl (C=O) groups is 1. The van der Waals surface area contributed by atoms with Gasteiger partial charge in [-0.15, -0.1) is 0 Å². The van der Waals surface area contributed by atoms with E-state index < -0.39 is 0 Å². The van der Waals surface area contributed by atoms with Crippen LogP contribution in [0.3, 0.4) is 0 Å². The molecule has 5 heteroatoms. The summed E-state index contributed by atoms with van der Waals surface area (Å²) in [6.45, 7) is 2.88. The minimum absolute atomic E-state index is 0.0139. The second kappa shape index (κ2) is 6.15. The highest BCUT2D eigenvalue weighted by atomic mass is 16.1. The molecule has 0 saturated carbocycles. The lowest BCUT2D eigenvalue weighted by molar-refractivity contribution is 0.0894. The number of nitrogens with one attached hydrogen (secondary N) is 1. The number of H-pyrrole nitrogens is 1. The van der Waals surface area contributed by atoms with Crippen molar-refractivity contribution in [2.45, 2.75) is 32.7 Å². The van der Waals surface area contributed by atoms with Crippen molar-refractivity contribution in [3.63, 3.8) is 0 Å². The second-order valence-corrected chi connectivity index (χ2v) is 7.28. The summed E-state index contributed by atoms with van der Waals surface area (Å²) in [7, 11) is 4.15. The summed E-state index contributed by atoms with van der Waals surface area (Å²) >= 11 is 0. The van der Waals surface area contributed by atoms with Crippen molar-refractivity contribution in [2.75, 3.05) is 14.1 Å². The molecule has 0 spiro atoms. The maximum atomic E-state index is 13.3. The summed E-state index contributed by atoms with van der Waals surface area (Å²) in [5.41, 5.74) is 6.65. The molecule has 0 amide bonds. The summed E-state index contributed by atoms with van der Waals surface area (Å²) in [5.74, 6) is 0.273. The first-order valence-corrected chi connectivity index (χ1v) is 8.85. The molecule has 1 atom stereocenters. The first-order chi connectivity index (χ1) is 12.1. The molecule has 0 fully saturated rings. The number of ketones is 1. The van der Waals surface area contributed by atoms with E-state index in [1.807, 2.05) is 19.2 Å². The van der Waals surface area contributed by atoms with E-state index in [4.69, 9.17) is 0 Å². The van der Waals surface area contributed by atoms with Crippen molar-refractivity contribution in [2.24, 2.45) is 5.92 Å². The van der Waals surface area contributed by atoms with Crippen LogP contribution < -0.4 is 0 Å².